The Bertz CT molecular complexity index is 1510. The van der Waals surface area contributed by atoms with Crippen molar-refractivity contribution in [2.75, 3.05) is 45.3 Å². The van der Waals surface area contributed by atoms with Gasteiger partial charge in [-0.2, -0.15) is 18.3 Å². The lowest BCUT2D eigenvalue weighted by Gasteiger charge is -2.36. The van der Waals surface area contributed by atoms with Crippen LogP contribution in [0.15, 0.2) is 72.8 Å². The highest BCUT2D eigenvalue weighted by Crippen LogP contribution is 2.34. The normalized spacial score (nSPS) is 13.8. The van der Waals surface area contributed by atoms with E-state index in [2.05, 4.69) is 5.10 Å². The highest BCUT2D eigenvalue weighted by atomic mass is 19.4. The van der Waals surface area contributed by atoms with Crippen molar-refractivity contribution in [1.29, 1.82) is 0 Å². The maximum atomic E-state index is 13.8. The molecular formula is C29H26F4N4O3. The minimum atomic E-state index is -4.43. The molecule has 4 aromatic rings. The summed E-state index contributed by atoms with van der Waals surface area (Å²) in [4.78, 5) is 17.2. The fourth-order valence-electron chi connectivity index (χ4n) is 4.66. The van der Waals surface area contributed by atoms with E-state index in [1.54, 1.807) is 42.3 Å². The Morgan fingerprint density at radius 1 is 0.850 bits per heavy atom. The maximum Gasteiger partial charge on any atom is 0.416 e. The predicted octanol–water partition coefficient (Wildman–Crippen LogP) is 5.68. The fraction of sp³-hybridized carbons (Fsp3) is 0.241. The molecule has 1 saturated heterocycles. The summed E-state index contributed by atoms with van der Waals surface area (Å²) in [6.45, 7) is 1.31. The second-order valence-electron chi connectivity index (χ2n) is 9.20. The van der Waals surface area contributed by atoms with Crippen LogP contribution >= 0.6 is 0 Å². The van der Waals surface area contributed by atoms with Gasteiger partial charge in [0.1, 0.15) is 23.0 Å². The summed E-state index contributed by atoms with van der Waals surface area (Å²) >= 11 is 0. The van der Waals surface area contributed by atoms with Crippen LogP contribution in [0, 0.1) is 5.82 Å². The third kappa shape index (κ3) is 5.45. The van der Waals surface area contributed by atoms with Gasteiger partial charge in [0.2, 0.25) is 0 Å². The molecule has 208 valence electrons. The van der Waals surface area contributed by atoms with E-state index in [4.69, 9.17) is 9.47 Å². The van der Waals surface area contributed by atoms with Gasteiger partial charge in [-0.05, 0) is 60.7 Å². The van der Waals surface area contributed by atoms with Crippen molar-refractivity contribution >= 4 is 11.6 Å². The standard InChI is InChI=1S/C29H26F4N4O3/c1-39-23-10-11-24(27(17-23)40-2)25-18-26(37(34-25)21-8-6-20(30)7-9-21)28(38)36-14-12-35(13-15-36)22-5-3-4-19(16-22)29(31,32)33/h3-11,16-18H,12-15H2,1-2H3. The number of carbonyl (C=O) groups is 1. The van der Waals surface area contributed by atoms with Gasteiger partial charge in [0, 0.05) is 43.5 Å². The van der Waals surface area contributed by atoms with Crippen molar-refractivity contribution in [3.05, 3.63) is 89.9 Å². The first-order valence-electron chi connectivity index (χ1n) is 12.5. The number of rotatable bonds is 6. The number of amides is 1. The molecule has 0 bridgehead atoms. The molecule has 0 N–H and O–H groups in total. The van der Waals surface area contributed by atoms with Crippen LogP contribution in [0.3, 0.4) is 0 Å². The van der Waals surface area contributed by atoms with E-state index in [1.165, 1.54) is 42.1 Å². The van der Waals surface area contributed by atoms with Gasteiger partial charge in [0.15, 0.2) is 0 Å². The van der Waals surface area contributed by atoms with E-state index in [1.807, 2.05) is 4.90 Å². The number of ether oxygens (including phenoxy) is 2. The predicted molar refractivity (Wildman–Crippen MR) is 142 cm³/mol. The van der Waals surface area contributed by atoms with Gasteiger partial charge in [-0.1, -0.05) is 6.07 Å². The molecule has 0 spiro atoms. The average Bonchev–Trinajstić information content (AvgIpc) is 3.41. The molecule has 0 atom stereocenters. The molecule has 0 aliphatic carbocycles. The van der Waals surface area contributed by atoms with Gasteiger partial charge in [0.25, 0.3) is 5.91 Å². The molecular weight excluding hydrogens is 528 g/mol. The Morgan fingerprint density at radius 2 is 1.57 bits per heavy atom. The molecule has 7 nitrogen and oxygen atoms in total. The quantitative estimate of drug-likeness (QED) is 0.287. The van der Waals surface area contributed by atoms with E-state index >= 15 is 0 Å². The first-order chi connectivity index (χ1) is 19.2. The smallest absolute Gasteiger partial charge is 0.416 e. The molecule has 3 aromatic carbocycles. The number of anilines is 1. The molecule has 1 amide bonds. The molecule has 0 saturated carbocycles. The third-order valence-electron chi connectivity index (χ3n) is 6.79. The number of hydrogen-bond acceptors (Lipinski definition) is 5. The number of piperazine rings is 1. The van der Waals surface area contributed by atoms with Gasteiger partial charge >= 0.3 is 6.18 Å². The van der Waals surface area contributed by atoms with Crippen molar-refractivity contribution < 1.29 is 31.8 Å². The molecule has 1 fully saturated rings. The summed E-state index contributed by atoms with van der Waals surface area (Å²) in [5.41, 5.74) is 1.58. The monoisotopic (exact) mass is 554 g/mol. The largest absolute Gasteiger partial charge is 0.497 e. The molecule has 1 aliphatic rings. The fourth-order valence-corrected chi connectivity index (χ4v) is 4.66. The van der Waals surface area contributed by atoms with E-state index in [-0.39, 0.29) is 11.6 Å². The lowest BCUT2D eigenvalue weighted by atomic mass is 10.1. The van der Waals surface area contributed by atoms with Crippen LogP contribution in [0.25, 0.3) is 16.9 Å². The minimum Gasteiger partial charge on any atom is -0.497 e. The van der Waals surface area contributed by atoms with E-state index < -0.39 is 17.6 Å². The Kier molecular flexibility index (Phi) is 7.38. The van der Waals surface area contributed by atoms with Gasteiger partial charge < -0.3 is 19.3 Å². The number of carbonyl (C=O) groups excluding carboxylic acids is 1. The summed E-state index contributed by atoms with van der Waals surface area (Å²) in [6, 6.07) is 17.7. The van der Waals surface area contributed by atoms with Crippen LogP contribution in [0.5, 0.6) is 11.5 Å². The van der Waals surface area contributed by atoms with Gasteiger partial charge in [-0.25, -0.2) is 9.07 Å². The average molecular weight is 555 g/mol. The first-order valence-corrected chi connectivity index (χ1v) is 12.5. The molecule has 5 rings (SSSR count). The number of halogens is 4. The Balaban J connectivity index is 1.43. The van der Waals surface area contributed by atoms with Crippen molar-refractivity contribution in [1.82, 2.24) is 14.7 Å². The van der Waals surface area contributed by atoms with Crippen LogP contribution in [0.1, 0.15) is 16.1 Å². The van der Waals surface area contributed by atoms with Gasteiger partial charge in [-0.3, -0.25) is 4.79 Å². The SMILES string of the molecule is COc1ccc(-c2cc(C(=O)N3CCN(c4cccc(C(F)(F)F)c4)CC3)n(-c3ccc(F)cc3)n2)c(OC)c1. The summed E-state index contributed by atoms with van der Waals surface area (Å²) in [5, 5.41) is 4.66. The molecule has 2 heterocycles. The Labute approximate surface area is 228 Å². The van der Waals surface area contributed by atoms with Crippen LogP contribution in [0.2, 0.25) is 0 Å². The summed E-state index contributed by atoms with van der Waals surface area (Å²) in [7, 11) is 3.06. The highest BCUT2D eigenvalue weighted by Gasteiger charge is 2.32. The van der Waals surface area contributed by atoms with Crippen LogP contribution in [0.4, 0.5) is 23.2 Å². The van der Waals surface area contributed by atoms with Gasteiger partial charge in [0.05, 0.1) is 31.2 Å². The summed E-state index contributed by atoms with van der Waals surface area (Å²) in [5.74, 6) is 0.358. The topological polar surface area (TPSA) is 59.8 Å². The number of benzene rings is 3. The van der Waals surface area contributed by atoms with E-state index in [0.29, 0.717) is 60.3 Å². The molecule has 1 aromatic heterocycles. The zero-order valence-electron chi connectivity index (χ0n) is 21.8. The van der Waals surface area contributed by atoms with Crippen LogP contribution < -0.4 is 14.4 Å². The minimum absolute atomic E-state index is 0.256. The zero-order valence-corrected chi connectivity index (χ0v) is 21.8. The first kappa shape index (κ1) is 27.0. The van der Waals surface area contributed by atoms with E-state index in [9.17, 15) is 22.4 Å². The third-order valence-corrected chi connectivity index (χ3v) is 6.79. The number of hydrogen-bond donors (Lipinski definition) is 0. The molecule has 11 heteroatoms. The molecule has 1 aliphatic heterocycles. The number of alkyl halides is 3. The summed E-state index contributed by atoms with van der Waals surface area (Å²) in [6.07, 6.45) is -4.43. The number of nitrogens with zero attached hydrogens (tertiary/aromatic N) is 4. The maximum absolute atomic E-state index is 13.8. The second kappa shape index (κ2) is 10.9. The van der Waals surface area contributed by atoms with Crippen LogP contribution in [-0.4, -0.2) is 61.0 Å². The molecule has 0 radical (unpaired) electrons. The van der Waals surface area contributed by atoms with Crippen molar-refractivity contribution in [2.24, 2.45) is 0 Å². The van der Waals surface area contributed by atoms with Crippen molar-refractivity contribution in [3.63, 3.8) is 0 Å². The van der Waals surface area contributed by atoms with E-state index in [0.717, 1.165) is 12.1 Å². The second-order valence-corrected chi connectivity index (χ2v) is 9.20. The molecule has 0 unspecified atom stereocenters. The highest BCUT2D eigenvalue weighted by molar-refractivity contribution is 5.95. The van der Waals surface area contributed by atoms with Crippen molar-refractivity contribution in [2.45, 2.75) is 6.18 Å². The Morgan fingerprint density at radius 3 is 2.23 bits per heavy atom. The lowest BCUT2D eigenvalue weighted by Crippen LogP contribution is -2.49. The summed E-state index contributed by atoms with van der Waals surface area (Å²) < 4.78 is 65.5. The molecule has 40 heavy (non-hydrogen) atoms. The zero-order chi connectivity index (χ0) is 28.4. The van der Waals surface area contributed by atoms with Crippen molar-refractivity contribution in [3.8, 4) is 28.4 Å². The number of aromatic nitrogens is 2. The van der Waals surface area contributed by atoms with Crippen LogP contribution in [-0.2, 0) is 6.18 Å². The Hall–Kier alpha value is -4.54. The number of methoxy groups -OCH3 is 2. The lowest BCUT2D eigenvalue weighted by molar-refractivity contribution is -0.137. The van der Waals surface area contributed by atoms with Gasteiger partial charge in [-0.15, -0.1) is 0 Å².